The second-order valence-corrected chi connectivity index (χ2v) is 5.74. The highest BCUT2D eigenvalue weighted by molar-refractivity contribution is 7.89. The van der Waals surface area contributed by atoms with E-state index in [0.717, 1.165) is 5.70 Å². The van der Waals surface area contributed by atoms with Crippen LogP contribution < -0.4 is 10.5 Å². The van der Waals surface area contributed by atoms with Crippen LogP contribution in [-0.4, -0.2) is 27.1 Å². The van der Waals surface area contributed by atoms with Gasteiger partial charge in [0.1, 0.15) is 0 Å². The minimum atomic E-state index is -3.63. The van der Waals surface area contributed by atoms with Gasteiger partial charge in [-0.1, -0.05) is 0 Å². The zero-order valence-corrected chi connectivity index (χ0v) is 11.0. The first kappa shape index (κ1) is 12.6. The number of rotatable bonds is 3. The molecule has 0 aliphatic carbocycles. The fourth-order valence-electron chi connectivity index (χ4n) is 1.47. The molecule has 3 N–H and O–H groups in total. The highest BCUT2D eigenvalue weighted by Crippen LogP contribution is 2.19. The van der Waals surface area contributed by atoms with Crippen LogP contribution in [0.3, 0.4) is 0 Å². The average molecular weight is 269 g/mol. The van der Waals surface area contributed by atoms with E-state index in [-0.39, 0.29) is 10.8 Å². The Morgan fingerprint density at radius 3 is 2.44 bits per heavy atom. The van der Waals surface area contributed by atoms with E-state index in [9.17, 15) is 8.42 Å². The molecule has 1 aliphatic heterocycles. The molecule has 6 nitrogen and oxygen atoms in total. The van der Waals surface area contributed by atoms with Crippen molar-refractivity contribution >= 4 is 15.7 Å². The predicted molar refractivity (Wildman–Crippen MR) is 67.6 cm³/mol. The summed E-state index contributed by atoms with van der Waals surface area (Å²) in [5.74, 6) is 0.259. The number of allylic oxidation sites excluding steroid dienone is 1. The summed E-state index contributed by atoms with van der Waals surface area (Å²) in [6.45, 7) is 2.12. The van der Waals surface area contributed by atoms with Gasteiger partial charge in [-0.05, 0) is 31.2 Å². The van der Waals surface area contributed by atoms with Crippen LogP contribution in [0.5, 0.6) is 0 Å². The average Bonchev–Trinajstić information content (AvgIpc) is 2.61. The quantitative estimate of drug-likeness (QED) is 0.787. The molecule has 1 aromatic rings. The van der Waals surface area contributed by atoms with Gasteiger partial charge in [-0.25, -0.2) is 13.1 Å². The van der Waals surface area contributed by atoms with Crippen molar-refractivity contribution in [2.45, 2.75) is 11.8 Å². The molecule has 0 bridgehead atoms. The molecule has 0 saturated heterocycles. The van der Waals surface area contributed by atoms with Crippen molar-refractivity contribution in [1.82, 2.24) is 9.62 Å². The van der Waals surface area contributed by atoms with E-state index in [1.54, 1.807) is 11.8 Å². The summed E-state index contributed by atoms with van der Waals surface area (Å²) in [4.78, 5) is 1.95. The van der Waals surface area contributed by atoms with Crippen LogP contribution in [0.4, 0.5) is 5.69 Å². The molecule has 0 amide bonds. The molecule has 1 aromatic carbocycles. The summed E-state index contributed by atoms with van der Waals surface area (Å²) < 4.78 is 31.8. The Balaban J connectivity index is 2.26. The first-order chi connectivity index (χ1) is 8.40. The van der Waals surface area contributed by atoms with Gasteiger partial charge in [-0.3, -0.25) is 0 Å². The molecule has 0 aromatic heterocycles. The smallest absolute Gasteiger partial charge is 0.264 e. The Bertz CT molecular complexity index is 578. The normalized spacial score (nSPS) is 15.8. The van der Waals surface area contributed by atoms with Crippen LogP contribution in [-0.2, 0) is 14.8 Å². The van der Waals surface area contributed by atoms with E-state index in [4.69, 9.17) is 10.5 Å². The molecule has 0 fully saturated rings. The summed E-state index contributed by atoms with van der Waals surface area (Å²) in [5, 5.41) is 0. The standard InChI is InChI=1S/C11H15N3O3S/c1-8-11(17-7-14(8)2)13-18(15,16)10-5-3-9(12)4-6-10/h3-6,13H,7,12H2,1-2H3. The van der Waals surface area contributed by atoms with Crippen molar-refractivity contribution in [1.29, 1.82) is 0 Å². The first-order valence-electron chi connectivity index (χ1n) is 5.33. The zero-order valence-electron chi connectivity index (χ0n) is 10.2. The number of nitrogens with zero attached hydrogens (tertiary/aromatic N) is 1. The van der Waals surface area contributed by atoms with Crippen molar-refractivity contribution in [2.24, 2.45) is 0 Å². The number of nitrogens with two attached hydrogens (primary N) is 1. The van der Waals surface area contributed by atoms with Gasteiger partial charge in [0.15, 0.2) is 6.73 Å². The Labute approximate surface area is 106 Å². The van der Waals surface area contributed by atoms with Crippen LogP contribution in [0, 0.1) is 0 Å². The van der Waals surface area contributed by atoms with Crippen LogP contribution in [0.1, 0.15) is 6.92 Å². The van der Waals surface area contributed by atoms with Crippen molar-refractivity contribution in [2.75, 3.05) is 19.5 Å². The van der Waals surface area contributed by atoms with Gasteiger partial charge in [-0.2, -0.15) is 0 Å². The van der Waals surface area contributed by atoms with Crippen molar-refractivity contribution in [3.8, 4) is 0 Å². The van der Waals surface area contributed by atoms with Gasteiger partial charge in [0.25, 0.3) is 10.0 Å². The summed E-state index contributed by atoms with van der Waals surface area (Å²) in [6, 6.07) is 5.98. The number of nitrogen functional groups attached to an aromatic ring is 1. The molecule has 0 unspecified atom stereocenters. The minimum Gasteiger partial charge on any atom is -0.456 e. The molecule has 2 rings (SSSR count). The van der Waals surface area contributed by atoms with Gasteiger partial charge in [0, 0.05) is 12.7 Å². The molecule has 7 heteroatoms. The maximum absolute atomic E-state index is 12.1. The number of hydrogen-bond donors (Lipinski definition) is 2. The molecule has 1 heterocycles. The van der Waals surface area contributed by atoms with Gasteiger partial charge in [-0.15, -0.1) is 0 Å². The number of nitrogens with one attached hydrogen (secondary N) is 1. The van der Waals surface area contributed by atoms with Gasteiger partial charge in [0.2, 0.25) is 5.88 Å². The largest absolute Gasteiger partial charge is 0.456 e. The maximum Gasteiger partial charge on any atom is 0.264 e. The molecule has 0 atom stereocenters. The summed E-state index contributed by atoms with van der Waals surface area (Å²) in [7, 11) is -1.81. The first-order valence-corrected chi connectivity index (χ1v) is 6.81. The van der Waals surface area contributed by atoms with E-state index in [1.807, 2.05) is 7.05 Å². The lowest BCUT2D eigenvalue weighted by Gasteiger charge is -2.09. The number of anilines is 1. The van der Waals surface area contributed by atoms with Crippen molar-refractivity contribution < 1.29 is 13.2 Å². The lowest BCUT2D eigenvalue weighted by molar-refractivity contribution is 0.161. The van der Waals surface area contributed by atoms with Crippen LogP contribution in [0.25, 0.3) is 0 Å². The monoisotopic (exact) mass is 269 g/mol. The minimum absolute atomic E-state index is 0.148. The van der Waals surface area contributed by atoms with Gasteiger partial charge >= 0.3 is 0 Å². The molecular weight excluding hydrogens is 254 g/mol. The lowest BCUT2D eigenvalue weighted by atomic mass is 10.3. The van der Waals surface area contributed by atoms with Crippen molar-refractivity contribution in [3.63, 3.8) is 0 Å². The third kappa shape index (κ3) is 2.35. The van der Waals surface area contributed by atoms with E-state index in [0.29, 0.717) is 12.4 Å². The fraction of sp³-hybridized carbons (Fsp3) is 0.273. The van der Waals surface area contributed by atoms with E-state index in [1.165, 1.54) is 24.3 Å². The second-order valence-electron chi connectivity index (χ2n) is 4.06. The fourth-order valence-corrected chi connectivity index (χ4v) is 2.53. The predicted octanol–water partition coefficient (Wildman–Crippen LogP) is 0.656. The summed E-state index contributed by atoms with van der Waals surface area (Å²) in [6.07, 6.45) is 0. The number of sulfonamides is 1. The topological polar surface area (TPSA) is 84.7 Å². The van der Waals surface area contributed by atoms with Crippen LogP contribution in [0.15, 0.2) is 40.7 Å². The highest BCUT2D eigenvalue weighted by atomic mass is 32.2. The number of ether oxygens (including phenoxy) is 1. The third-order valence-corrected chi connectivity index (χ3v) is 4.07. The highest BCUT2D eigenvalue weighted by Gasteiger charge is 2.23. The Hall–Kier alpha value is -1.89. The zero-order chi connectivity index (χ0) is 13.3. The summed E-state index contributed by atoms with van der Waals surface area (Å²) in [5.41, 5.74) is 6.78. The lowest BCUT2D eigenvalue weighted by Crippen LogP contribution is -2.24. The van der Waals surface area contributed by atoms with Crippen LogP contribution in [0.2, 0.25) is 0 Å². The Morgan fingerprint density at radius 1 is 1.33 bits per heavy atom. The summed E-state index contributed by atoms with van der Waals surface area (Å²) >= 11 is 0. The Kier molecular flexibility index (Phi) is 3.08. The molecule has 98 valence electrons. The molecule has 1 aliphatic rings. The van der Waals surface area contributed by atoms with E-state index < -0.39 is 10.0 Å². The van der Waals surface area contributed by atoms with Crippen molar-refractivity contribution in [3.05, 3.63) is 35.8 Å². The van der Waals surface area contributed by atoms with Gasteiger partial charge in [0.05, 0.1) is 10.6 Å². The molecule has 0 spiro atoms. The number of benzene rings is 1. The number of hydrogen-bond acceptors (Lipinski definition) is 5. The second kappa shape index (κ2) is 4.41. The third-order valence-electron chi connectivity index (χ3n) is 2.72. The SMILES string of the molecule is CC1=C(NS(=O)(=O)c2ccc(N)cc2)OCN1C. The van der Waals surface area contributed by atoms with Crippen LogP contribution >= 0.6 is 0 Å². The Morgan fingerprint density at radius 2 is 1.94 bits per heavy atom. The van der Waals surface area contributed by atoms with Gasteiger partial charge < -0.3 is 15.4 Å². The molecular formula is C11H15N3O3S. The maximum atomic E-state index is 12.1. The molecule has 0 radical (unpaired) electrons. The molecule has 0 saturated carbocycles. The molecule has 18 heavy (non-hydrogen) atoms. The van der Waals surface area contributed by atoms with E-state index >= 15 is 0 Å². The van der Waals surface area contributed by atoms with E-state index in [2.05, 4.69) is 4.72 Å².